The lowest BCUT2D eigenvalue weighted by molar-refractivity contribution is -0.162. The Labute approximate surface area is 217 Å². The van der Waals surface area contributed by atoms with Crippen molar-refractivity contribution < 1.29 is 23.8 Å². The molecule has 1 heterocycles. The van der Waals surface area contributed by atoms with Crippen LogP contribution in [0.5, 0.6) is 0 Å². The molecular weight excluding hydrogens is 452 g/mol. The third-order valence-electron chi connectivity index (χ3n) is 9.95. The van der Waals surface area contributed by atoms with Crippen molar-refractivity contribution in [3.05, 3.63) is 22.8 Å². The van der Waals surface area contributed by atoms with E-state index in [9.17, 15) is 9.59 Å². The monoisotopic (exact) mass is 498 g/mol. The maximum Gasteiger partial charge on any atom is 0.302 e. The summed E-state index contributed by atoms with van der Waals surface area (Å²) in [6.45, 7) is 5.61. The van der Waals surface area contributed by atoms with E-state index in [0.717, 1.165) is 71.0 Å². The minimum absolute atomic E-state index is 0.0209. The van der Waals surface area contributed by atoms with Gasteiger partial charge in [-0.1, -0.05) is 31.8 Å². The largest absolute Gasteiger partial charge is 0.462 e. The van der Waals surface area contributed by atoms with Crippen LogP contribution in [0, 0.1) is 23.2 Å². The quantitative estimate of drug-likeness (QED) is 0.257. The van der Waals surface area contributed by atoms with Crippen molar-refractivity contribution in [2.24, 2.45) is 23.2 Å². The number of carbonyl (C=O) groups is 2. The van der Waals surface area contributed by atoms with E-state index in [-0.39, 0.29) is 23.8 Å². The molecule has 1 aliphatic heterocycles. The van der Waals surface area contributed by atoms with Gasteiger partial charge in [-0.3, -0.25) is 9.59 Å². The van der Waals surface area contributed by atoms with E-state index in [1.165, 1.54) is 43.3 Å². The standard InChI is InChI=1S/C31H46O5/c1-21(32)36-28-16-15-27-26-13-11-22-19-24(33)12-14-25(22)30(26)23(20-31(27,28)2)9-5-3-4-7-17-34-29-10-6-8-18-35-29/h19,23,26-29H,3-18,20H2,1-2H3/t23-,26-,27-,28-,29?,31-/m0/s1. The maximum absolute atomic E-state index is 12.2. The first-order valence-electron chi connectivity index (χ1n) is 14.8. The fraction of sp³-hybridized carbons (Fsp3) is 0.806. The highest BCUT2D eigenvalue weighted by Crippen LogP contribution is 2.63. The lowest BCUT2D eigenvalue weighted by atomic mass is 9.53. The summed E-state index contributed by atoms with van der Waals surface area (Å²) in [5, 5.41) is 0. The Kier molecular flexibility index (Phi) is 8.37. The van der Waals surface area contributed by atoms with Crippen LogP contribution in [-0.2, 0) is 23.8 Å². The molecule has 1 unspecified atom stereocenters. The van der Waals surface area contributed by atoms with Gasteiger partial charge in [0, 0.05) is 32.0 Å². The first-order valence-corrected chi connectivity index (χ1v) is 14.8. The lowest BCUT2D eigenvalue weighted by Crippen LogP contribution is -2.46. The maximum atomic E-state index is 12.2. The zero-order valence-electron chi connectivity index (χ0n) is 22.5. The molecule has 4 aliphatic carbocycles. The van der Waals surface area contributed by atoms with Crippen molar-refractivity contribution in [1.29, 1.82) is 0 Å². The van der Waals surface area contributed by atoms with Crippen molar-refractivity contribution in [2.75, 3.05) is 13.2 Å². The molecule has 0 amide bonds. The Morgan fingerprint density at radius 2 is 1.92 bits per heavy atom. The number of allylic oxidation sites excluding steroid dienone is 4. The average molecular weight is 499 g/mol. The number of carbonyl (C=O) groups excluding carboxylic acids is 2. The summed E-state index contributed by atoms with van der Waals surface area (Å²) in [5.74, 6) is 1.91. The molecule has 6 atom stereocenters. The Balaban J connectivity index is 1.23. The van der Waals surface area contributed by atoms with Gasteiger partial charge in [0.05, 0.1) is 0 Å². The van der Waals surface area contributed by atoms with Crippen LogP contribution < -0.4 is 0 Å². The predicted molar refractivity (Wildman–Crippen MR) is 139 cm³/mol. The zero-order valence-corrected chi connectivity index (χ0v) is 22.5. The normalized spacial score (nSPS) is 36.1. The molecule has 36 heavy (non-hydrogen) atoms. The summed E-state index contributed by atoms with van der Waals surface area (Å²) in [7, 11) is 0. The number of hydrogen-bond donors (Lipinski definition) is 0. The number of ether oxygens (including phenoxy) is 3. The van der Waals surface area contributed by atoms with Gasteiger partial charge in [0.15, 0.2) is 12.1 Å². The molecule has 0 N–H and O–H groups in total. The van der Waals surface area contributed by atoms with Crippen molar-refractivity contribution in [2.45, 2.75) is 123 Å². The topological polar surface area (TPSA) is 61.8 Å². The molecule has 5 heteroatoms. The lowest BCUT2D eigenvalue weighted by Gasteiger charge is -2.52. The van der Waals surface area contributed by atoms with Crippen LogP contribution in [0.1, 0.15) is 110 Å². The molecule has 5 nitrogen and oxygen atoms in total. The van der Waals surface area contributed by atoms with Crippen molar-refractivity contribution >= 4 is 11.8 Å². The van der Waals surface area contributed by atoms with Gasteiger partial charge in [0.25, 0.3) is 0 Å². The van der Waals surface area contributed by atoms with Crippen LogP contribution >= 0.6 is 0 Å². The van der Waals surface area contributed by atoms with E-state index >= 15 is 0 Å². The van der Waals surface area contributed by atoms with E-state index < -0.39 is 0 Å². The van der Waals surface area contributed by atoms with Crippen LogP contribution in [0.2, 0.25) is 0 Å². The van der Waals surface area contributed by atoms with Gasteiger partial charge in [0.2, 0.25) is 0 Å². The summed E-state index contributed by atoms with van der Waals surface area (Å²) in [6, 6.07) is 0. The molecule has 0 bridgehead atoms. The first kappa shape index (κ1) is 26.2. The number of hydrogen-bond acceptors (Lipinski definition) is 5. The van der Waals surface area contributed by atoms with E-state index in [0.29, 0.717) is 30.0 Å². The van der Waals surface area contributed by atoms with Crippen molar-refractivity contribution in [3.8, 4) is 0 Å². The fourth-order valence-electron chi connectivity index (χ4n) is 8.34. The summed E-state index contributed by atoms with van der Waals surface area (Å²) in [4.78, 5) is 24.1. The van der Waals surface area contributed by atoms with Crippen LogP contribution in [0.15, 0.2) is 22.8 Å². The second-order valence-electron chi connectivity index (χ2n) is 12.3. The summed E-state index contributed by atoms with van der Waals surface area (Å²) in [5.41, 5.74) is 4.64. The highest BCUT2D eigenvalue weighted by molar-refractivity contribution is 5.93. The highest BCUT2D eigenvalue weighted by atomic mass is 16.7. The first-order chi connectivity index (χ1) is 17.5. The molecule has 5 aliphatic rings. The Morgan fingerprint density at radius 3 is 2.72 bits per heavy atom. The summed E-state index contributed by atoms with van der Waals surface area (Å²) in [6.07, 6.45) is 18.5. The zero-order chi connectivity index (χ0) is 25.1. The number of esters is 1. The van der Waals surface area contributed by atoms with Gasteiger partial charge in [0.1, 0.15) is 6.10 Å². The van der Waals surface area contributed by atoms with E-state index in [1.807, 2.05) is 6.08 Å². The minimum atomic E-state index is -0.136. The predicted octanol–water partition coefficient (Wildman–Crippen LogP) is 6.84. The fourth-order valence-corrected chi connectivity index (χ4v) is 8.34. The number of unbranched alkanes of at least 4 members (excludes halogenated alkanes) is 3. The third kappa shape index (κ3) is 5.53. The Bertz CT molecular complexity index is 881. The van der Waals surface area contributed by atoms with Gasteiger partial charge in [-0.15, -0.1) is 0 Å². The van der Waals surface area contributed by atoms with Gasteiger partial charge in [-0.2, -0.15) is 0 Å². The van der Waals surface area contributed by atoms with Crippen molar-refractivity contribution in [1.82, 2.24) is 0 Å². The molecule has 0 spiro atoms. The van der Waals surface area contributed by atoms with E-state index in [4.69, 9.17) is 14.2 Å². The van der Waals surface area contributed by atoms with Gasteiger partial charge >= 0.3 is 5.97 Å². The SMILES string of the molecule is CC(=O)O[C@H]1CC[C@H]2[C@@H]3CCC4=CC(=O)CCC4=C3[C@@H](CCCCCCOC3CCCCO3)C[C@]12C. The number of rotatable bonds is 9. The Morgan fingerprint density at radius 1 is 1.06 bits per heavy atom. The smallest absolute Gasteiger partial charge is 0.302 e. The van der Waals surface area contributed by atoms with Gasteiger partial charge < -0.3 is 14.2 Å². The molecule has 0 aromatic carbocycles. The summed E-state index contributed by atoms with van der Waals surface area (Å²) < 4.78 is 17.5. The average Bonchev–Trinajstić information content (AvgIpc) is 3.18. The van der Waals surface area contributed by atoms with Crippen LogP contribution in [0.25, 0.3) is 0 Å². The molecule has 1 saturated heterocycles. The molecule has 3 fully saturated rings. The molecule has 0 aromatic heterocycles. The molecular formula is C31H46O5. The van der Waals surface area contributed by atoms with Crippen LogP contribution in [-0.4, -0.2) is 37.4 Å². The van der Waals surface area contributed by atoms with Crippen LogP contribution in [0.3, 0.4) is 0 Å². The molecule has 2 saturated carbocycles. The summed E-state index contributed by atoms with van der Waals surface area (Å²) >= 11 is 0. The van der Waals surface area contributed by atoms with E-state index in [2.05, 4.69) is 6.92 Å². The number of fused-ring (bicyclic) bond motifs is 4. The highest BCUT2D eigenvalue weighted by Gasteiger charge is 2.57. The molecule has 0 radical (unpaired) electrons. The minimum Gasteiger partial charge on any atom is -0.462 e. The second kappa shape index (κ2) is 11.5. The van der Waals surface area contributed by atoms with Gasteiger partial charge in [-0.05, 0) is 106 Å². The molecule has 0 aromatic rings. The Hall–Kier alpha value is -1.46. The second-order valence-corrected chi connectivity index (χ2v) is 12.3. The van der Waals surface area contributed by atoms with Crippen molar-refractivity contribution in [3.63, 3.8) is 0 Å². The molecule has 5 rings (SSSR count). The number of ketones is 1. The van der Waals surface area contributed by atoms with Gasteiger partial charge in [-0.25, -0.2) is 0 Å². The third-order valence-corrected chi connectivity index (χ3v) is 9.95. The van der Waals surface area contributed by atoms with Crippen LogP contribution in [0.4, 0.5) is 0 Å². The van der Waals surface area contributed by atoms with E-state index in [1.54, 1.807) is 12.5 Å². The molecule has 200 valence electrons.